The second-order valence-electron chi connectivity index (χ2n) is 5.27. The Bertz CT molecular complexity index is 825. The Labute approximate surface area is 146 Å². The Balaban J connectivity index is 1.80. The lowest BCUT2D eigenvalue weighted by Crippen LogP contribution is -2.23. The molecule has 0 bridgehead atoms. The summed E-state index contributed by atoms with van der Waals surface area (Å²) in [6.07, 6.45) is 0. The fourth-order valence-corrected chi connectivity index (χ4v) is 2.49. The van der Waals surface area contributed by atoms with Crippen molar-refractivity contribution in [2.24, 2.45) is 0 Å². The second-order valence-corrected chi connectivity index (χ2v) is 5.68. The fraction of sp³-hybridized carbons (Fsp3) is 0.200. The quantitative estimate of drug-likeness (QED) is 0.755. The first-order valence-electron chi connectivity index (χ1n) is 7.29. The molecule has 1 aliphatic heterocycles. The van der Waals surface area contributed by atoms with Gasteiger partial charge in [0, 0.05) is 13.1 Å². The molecule has 0 atom stereocenters. The van der Waals surface area contributed by atoms with E-state index in [1.165, 1.54) is 6.07 Å². The van der Waals surface area contributed by atoms with Crippen LogP contribution in [-0.2, 0) is 0 Å². The van der Waals surface area contributed by atoms with Crippen LogP contribution in [0.3, 0.4) is 0 Å². The number of nitrogens with one attached hydrogen (secondary N) is 2. The molecule has 1 fully saturated rings. The van der Waals surface area contributed by atoms with Gasteiger partial charge in [-0.05, 0) is 24.3 Å². The van der Waals surface area contributed by atoms with Crippen LogP contribution in [0.1, 0.15) is 20.8 Å². The highest BCUT2D eigenvalue weighted by molar-refractivity contribution is 6.31. The lowest BCUT2D eigenvalue weighted by atomic mass is 10.1. The number of aromatic carboxylic acids is 1. The van der Waals surface area contributed by atoms with Crippen molar-refractivity contribution < 1.29 is 19.1 Å². The number of halogens is 2. The average Bonchev–Trinajstić information content (AvgIpc) is 3.12. The Hall–Kier alpha value is -2.78. The molecule has 2 heterocycles. The third-order valence-corrected chi connectivity index (χ3v) is 3.90. The molecule has 0 aliphatic carbocycles. The van der Waals surface area contributed by atoms with Gasteiger partial charge >= 0.3 is 5.97 Å². The standard InChI is InChI=1S/C15H13ClFN5O3/c16-9-6-12(8(15(24)25)5-10(9)17)19-14(23)11-1-2-13(21-20-11)22-4-3-18-7-22/h1-2,5-6,18H,3-4,7H2,(H,19,23)(H,24,25). The summed E-state index contributed by atoms with van der Waals surface area (Å²) in [6, 6.07) is 4.90. The molecule has 25 heavy (non-hydrogen) atoms. The normalized spacial score (nSPS) is 13.8. The molecule has 1 saturated heterocycles. The SMILES string of the molecule is O=C(Nc1cc(Cl)c(F)cc1C(=O)O)c1ccc(N2CCNC2)nn1. The van der Waals surface area contributed by atoms with Gasteiger partial charge in [-0.1, -0.05) is 11.6 Å². The number of hydrogen-bond acceptors (Lipinski definition) is 6. The Morgan fingerprint density at radius 3 is 2.72 bits per heavy atom. The van der Waals surface area contributed by atoms with Crippen LogP contribution in [-0.4, -0.2) is 46.9 Å². The first-order valence-corrected chi connectivity index (χ1v) is 7.66. The number of carbonyl (C=O) groups excluding carboxylic acids is 1. The van der Waals surface area contributed by atoms with Crippen molar-refractivity contribution in [2.45, 2.75) is 0 Å². The molecule has 130 valence electrons. The summed E-state index contributed by atoms with van der Waals surface area (Å²) in [4.78, 5) is 25.4. The van der Waals surface area contributed by atoms with Crippen molar-refractivity contribution >= 4 is 35.0 Å². The minimum atomic E-state index is -1.39. The maximum absolute atomic E-state index is 13.4. The number of benzene rings is 1. The molecule has 1 aromatic carbocycles. The number of rotatable bonds is 4. The van der Waals surface area contributed by atoms with Gasteiger partial charge in [-0.3, -0.25) is 10.1 Å². The van der Waals surface area contributed by atoms with Gasteiger partial charge in [0.15, 0.2) is 11.5 Å². The molecule has 1 aliphatic rings. The van der Waals surface area contributed by atoms with E-state index in [4.69, 9.17) is 16.7 Å². The van der Waals surface area contributed by atoms with Crippen LogP contribution >= 0.6 is 11.6 Å². The van der Waals surface area contributed by atoms with Gasteiger partial charge in [0.25, 0.3) is 5.91 Å². The molecule has 0 radical (unpaired) electrons. The molecule has 8 nitrogen and oxygen atoms in total. The zero-order valence-corrected chi connectivity index (χ0v) is 13.5. The predicted octanol–water partition coefficient (Wildman–Crippen LogP) is 1.59. The topological polar surface area (TPSA) is 107 Å². The summed E-state index contributed by atoms with van der Waals surface area (Å²) in [6.45, 7) is 2.28. The van der Waals surface area contributed by atoms with Crippen molar-refractivity contribution in [2.75, 3.05) is 30.0 Å². The molecular formula is C15H13ClFN5O3. The third-order valence-electron chi connectivity index (χ3n) is 3.61. The number of carbonyl (C=O) groups is 2. The zero-order chi connectivity index (χ0) is 18.0. The van der Waals surface area contributed by atoms with E-state index in [1.807, 2.05) is 4.90 Å². The molecule has 2 aromatic rings. The molecular weight excluding hydrogens is 353 g/mol. The molecule has 1 aromatic heterocycles. The van der Waals surface area contributed by atoms with Gasteiger partial charge in [0.05, 0.1) is 22.9 Å². The Morgan fingerprint density at radius 2 is 2.12 bits per heavy atom. The number of aromatic nitrogens is 2. The number of amides is 1. The van der Waals surface area contributed by atoms with Crippen LogP contribution in [0.4, 0.5) is 15.9 Å². The van der Waals surface area contributed by atoms with Crippen LogP contribution in [0.15, 0.2) is 24.3 Å². The largest absolute Gasteiger partial charge is 0.478 e. The number of carboxylic acids is 1. The summed E-state index contributed by atoms with van der Waals surface area (Å²) in [5, 5.41) is 22.2. The van der Waals surface area contributed by atoms with Crippen molar-refractivity contribution in [1.82, 2.24) is 15.5 Å². The minimum Gasteiger partial charge on any atom is -0.478 e. The summed E-state index contributed by atoms with van der Waals surface area (Å²) in [5.41, 5.74) is -0.547. The fourth-order valence-electron chi connectivity index (χ4n) is 2.33. The summed E-state index contributed by atoms with van der Waals surface area (Å²) < 4.78 is 13.4. The van der Waals surface area contributed by atoms with E-state index < -0.39 is 23.3 Å². The lowest BCUT2D eigenvalue weighted by Gasteiger charge is -2.14. The smallest absolute Gasteiger partial charge is 0.337 e. The zero-order valence-electron chi connectivity index (χ0n) is 12.8. The van der Waals surface area contributed by atoms with Gasteiger partial charge in [-0.25, -0.2) is 9.18 Å². The maximum atomic E-state index is 13.4. The minimum absolute atomic E-state index is 0.00677. The van der Waals surface area contributed by atoms with Crippen molar-refractivity contribution in [3.63, 3.8) is 0 Å². The lowest BCUT2D eigenvalue weighted by molar-refractivity contribution is 0.0697. The van der Waals surface area contributed by atoms with Crippen LogP contribution in [0.5, 0.6) is 0 Å². The molecule has 0 unspecified atom stereocenters. The van der Waals surface area contributed by atoms with E-state index >= 15 is 0 Å². The van der Waals surface area contributed by atoms with Crippen LogP contribution in [0, 0.1) is 5.82 Å². The molecule has 10 heteroatoms. The maximum Gasteiger partial charge on any atom is 0.337 e. The predicted molar refractivity (Wildman–Crippen MR) is 88.6 cm³/mol. The Morgan fingerprint density at radius 1 is 1.32 bits per heavy atom. The molecule has 3 N–H and O–H groups in total. The van der Waals surface area contributed by atoms with Gasteiger partial charge in [0.1, 0.15) is 5.82 Å². The van der Waals surface area contributed by atoms with Crippen molar-refractivity contribution in [1.29, 1.82) is 0 Å². The highest BCUT2D eigenvalue weighted by atomic mass is 35.5. The van der Waals surface area contributed by atoms with E-state index in [1.54, 1.807) is 6.07 Å². The molecule has 3 rings (SSSR count). The number of anilines is 2. The molecule has 0 spiro atoms. The van der Waals surface area contributed by atoms with E-state index in [0.29, 0.717) is 12.5 Å². The number of hydrogen-bond donors (Lipinski definition) is 3. The summed E-state index contributed by atoms with van der Waals surface area (Å²) in [5.74, 6) is -2.34. The van der Waals surface area contributed by atoms with Crippen LogP contribution in [0.25, 0.3) is 0 Å². The van der Waals surface area contributed by atoms with E-state index in [2.05, 4.69) is 20.8 Å². The second kappa shape index (κ2) is 6.99. The monoisotopic (exact) mass is 365 g/mol. The van der Waals surface area contributed by atoms with Crippen molar-refractivity contribution in [3.05, 3.63) is 46.4 Å². The average molecular weight is 366 g/mol. The summed E-state index contributed by atoms with van der Waals surface area (Å²) in [7, 11) is 0. The first kappa shape index (κ1) is 17.1. The van der Waals surface area contributed by atoms with E-state index in [-0.39, 0.29) is 16.4 Å². The van der Waals surface area contributed by atoms with Gasteiger partial charge in [-0.2, -0.15) is 0 Å². The van der Waals surface area contributed by atoms with E-state index in [0.717, 1.165) is 25.2 Å². The highest BCUT2D eigenvalue weighted by Gasteiger charge is 2.19. The number of nitrogens with zero attached hydrogens (tertiary/aromatic N) is 3. The number of carboxylic acid groups (broad SMARTS) is 1. The molecule has 1 amide bonds. The van der Waals surface area contributed by atoms with Gasteiger partial charge in [0.2, 0.25) is 0 Å². The first-order chi connectivity index (χ1) is 12.0. The summed E-state index contributed by atoms with van der Waals surface area (Å²) >= 11 is 5.65. The Kier molecular flexibility index (Phi) is 4.77. The highest BCUT2D eigenvalue weighted by Crippen LogP contribution is 2.25. The van der Waals surface area contributed by atoms with Crippen molar-refractivity contribution in [3.8, 4) is 0 Å². The van der Waals surface area contributed by atoms with E-state index in [9.17, 15) is 14.0 Å². The van der Waals surface area contributed by atoms with Crippen LogP contribution < -0.4 is 15.5 Å². The molecule has 0 saturated carbocycles. The van der Waals surface area contributed by atoms with Crippen LogP contribution in [0.2, 0.25) is 5.02 Å². The van der Waals surface area contributed by atoms with Gasteiger partial charge in [-0.15, -0.1) is 10.2 Å². The third kappa shape index (κ3) is 3.67. The van der Waals surface area contributed by atoms with Gasteiger partial charge < -0.3 is 15.3 Å².